The lowest BCUT2D eigenvalue weighted by molar-refractivity contribution is 0.146. The molecule has 1 N–H and O–H groups in total. The van der Waals surface area contributed by atoms with Crippen molar-refractivity contribution in [3.63, 3.8) is 0 Å². The third-order valence-corrected chi connectivity index (χ3v) is 4.18. The lowest BCUT2D eigenvalue weighted by atomic mass is 9.93. The van der Waals surface area contributed by atoms with Crippen molar-refractivity contribution >= 4 is 5.82 Å². The molecule has 1 aliphatic heterocycles. The molecule has 1 atom stereocenters. The van der Waals surface area contributed by atoms with Gasteiger partial charge in [-0.15, -0.1) is 0 Å². The van der Waals surface area contributed by atoms with E-state index in [-0.39, 0.29) is 0 Å². The molecule has 0 saturated carbocycles. The second-order valence-electron chi connectivity index (χ2n) is 5.58. The highest BCUT2D eigenvalue weighted by Crippen LogP contribution is 2.33. The monoisotopic (exact) mass is 261 g/mol. The van der Waals surface area contributed by atoms with Crippen LogP contribution in [-0.2, 0) is 0 Å². The molecule has 0 aromatic carbocycles. The van der Waals surface area contributed by atoms with Crippen LogP contribution in [0, 0.1) is 6.92 Å². The van der Waals surface area contributed by atoms with Crippen LogP contribution >= 0.6 is 0 Å². The van der Waals surface area contributed by atoms with Gasteiger partial charge in [0, 0.05) is 19.3 Å². The highest BCUT2D eigenvalue weighted by atomic mass is 15.2. The van der Waals surface area contributed by atoms with Crippen LogP contribution in [0.2, 0.25) is 0 Å². The predicted octanol–water partition coefficient (Wildman–Crippen LogP) is 3.76. The third kappa shape index (κ3) is 3.47. The summed E-state index contributed by atoms with van der Waals surface area (Å²) in [4.78, 5) is 7.17. The number of anilines is 1. The molecule has 2 rings (SSSR count). The Morgan fingerprint density at radius 3 is 2.95 bits per heavy atom. The van der Waals surface area contributed by atoms with Crippen LogP contribution in [0.3, 0.4) is 0 Å². The first-order chi connectivity index (χ1) is 9.26. The molecule has 1 saturated heterocycles. The lowest BCUT2D eigenvalue weighted by Crippen LogP contribution is -2.34. The van der Waals surface area contributed by atoms with Crippen molar-refractivity contribution in [2.24, 2.45) is 0 Å². The van der Waals surface area contributed by atoms with Gasteiger partial charge in [0.2, 0.25) is 0 Å². The average molecular weight is 261 g/mol. The van der Waals surface area contributed by atoms with Crippen molar-refractivity contribution in [1.82, 2.24) is 9.88 Å². The zero-order chi connectivity index (χ0) is 13.7. The molecule has 3 heteroatoms. The minimum Gasteiger partial charge on any atom is -0.373 e. The first kappa shape index (κ1) is 14.3. The Bertz CT molecular complexity index is 403. The number of rotatable bonds is 5. The molecule has 0 bridgehead atoms. The number of piperidine rings is 1. The van der Waals surface area contributed by atoms with Gasteiger partial charge in [0.1, 0.15) is 5.82 Å². The normalized spacial score (nSPS) is 20.5. The fraction of sp³-hybridized carbons (Fsp3) is 0.688. The van der Waals surface area contributed by atoms with Crippen LogP contribution in [0.25, 0.3) is 0 Å². The first-order valence-corrected chi connectivity index (χ1v) is 7.64. The Balaban J connectivity index is 2.17. The van der Waals surface area contributed by atoms with E-state index in [1.807, 2.05) is 7.05 Å². The Hall–Kier alpha value is -1.09. The molecule has 1 aromatic heterocycles. The summed E-state index contributed by atoms with van der Waals surface area (Å²) in [5.74, 6) is 0.970. The summed E-state index contributed by atoms with van der Waals surface area (Å²) in [7, 11) is 1.93. The van der Waals surface area contributed by atoms with Crippen molar-refractivity contribution in [3.8, 4) is 0 Å². The van der Waals surface area contributed by atoms with Crippen LogP contribution in [0.1, 0.15) is 56.2 Å². The summed E-state index contributed by atoms with van der Waals surface area (Å²) in [6.45, 7) is 6.96. The molecule has 1 aromatic rings. The molecule has 0 unspecified atom stereocenters. The highest BCUT2D eigenvalue weighted by Gasteiger charge is 2.24. The van der Waals surface area contributed by atoms with E-state index in [2.05, 4.69) is 41.3 Å². The van der Waals surface area contributed by atoms with Crippen LogP contribution in [0.15, 0.2) is 12.3 Å². The molecule has 1 aliphatic rings. The molecule has 3 nitrogen and oxygen atoms in total. The number of pyridine rings is 1. The van der Waals surface area contributed by atoms with Gasteiger partial charge in [-0.2, -0.15) is 0 Å². The maximum atomic E-state index is 4.51. The van der Waals surface area contributed by atoms with Gasteiger partial charge in [-0.05, 0) is 56.5 Å². The lowest BCUT2D eigenvalue weighted by Gasteiger charge is -2.36. The van der Waals surface area contributed by atoms with E-state index >= 15 is 0 Å². The summed E-state index contributed by atoms with van der Waals surface area (Å²) in [6.07, 6.45) is 8.64. The zero-order valence-electron chi connectivity index (χ0n) is 12.6. The van der Waals surface area contributed by atoms with Gasteiger partial charge in [-0.1, -0.05) is 19.8 Å². The molecule has 106 valence electrons. The number of nitrogens with zero attached hydrogens (tertiary/aromatic N) is 2. The highest BCUT2D eigenvalue weighted by molar-refractivity contribution is 5.41. The van der Waals surface area contributed by atoms with E-state index in [1.165, 1.54) is 56.3 Å². The maximum absolute atomic E-state index is 4.51. The Labute approximate surface area is 117 Å². The first-order valence-electron chi connectivity index (χ1n) is 7.64. The minimum atomic E-state index is 0.582. The number of hydrogen-bond donors (Lipinski definition) is 1. The van der Waals surface area contributed by atoms with Crippen LogP contribution < -0.4 is 5.32 Å². The smallest absolute Gasteiger partial charge is 0.125 e. The zero-order valence-corrected chi connectivity index (χ0v) is 12.6. The average Bonchev–Trinajstić information content (AvgIpc) is 2.45. The van der Waals surface area contributed by atoms with Crippen LogP contribution in [-0.4, -0.2) is 30.0 Å². The molecule has 19 heavy (non-hydrogen) atoms. The molecular weight excluding hydrogens is 234 g/mol. The van der Waals surface area contributed by atoms with Crippen molar-refractivity contribution in [2.45, 2.75) is 52.0 Å². The quantitative estimate of drug-likeness (QED) is 0.874. The number of aromatic nitrogens is 1. The van der Waals surface area contributed by atoms with Gasteiger partial charge in [0.05, 0.1) is 0 Å². The van der Waals surface area contributed by atoms with Crippen molar-refractivity contribution in [1.29, 1.82) is 0 Å². The molecular formula is C16H27N3. The van der Waals surface area contributed by atoms with Gasteiger partial charge in [-0.3, -0.25) is 4.90 Å². The van der Waals surface area contributed by atoms with Gasteiger partial charge < -0.3 is 5.32 Å². The second kappa shape index (κ2) is 6.90. The Morgan fingerprint density at radius 2 is 2.26 bits per heavy atom. The largest absolute Gasteiger partial charge is 0.373 e. The summed E-state index contributed by atoms with van der Waals surface area (Å²) in [5.41, 5.74) is 2.79. The fourth-order valence-electron chi connectivity index (χ4n) is 3.02. The van der Waals surface area contributed by atoms with Gasteiger partial charge in [0.15, 0.2) is 0 Å². The second-order valence-corrected chi connectivity index (χ2v) is 5.58. The maximum Gasteiger partial charge on any atom is 0.125 e. The number of hydrogen-bond acceptors (Lipinski definition) is 3. The van der Waals surface area contributed by atoms with Gasteiger partial charge >= 0.3 is 0 Å². The summed E-state index contributed by atoms with van der Waals surface area (Å²) in [5, 5.41) is 3.12. The molecule has 0 radical (unpaired) electrons. The Morgan fingerprint density at radius 1 is 1.42 bits per heavy atom. The van der Waals surface area contributed by atoms with Crippen molar-refractivity contribution in [2.75, 3.05) is 25.5 Å². The third-order valence-electron chi connectivity index (χ3n) is 4.18. The van der Waals surface area contributed by atoms with E-state index in [4.69, 9.17) is 0 Å². The molecule has 0 spiro atoms. The van der Waals surface area contributed by atoms with E-state index < -0.39 is 0 Å². The molecule has 2 heterocycles. The number of likely N-dealkylation sites (tertiary alicyclic amines) is 1. The van der Waals surface area contributed by atoms with Crippen molar-refractivity contribution < 1.29 is 0 Å². The van der Waals surface area contributed by atoms with Gasteiger partial charge in [0.25, 0.3) is 0 Å². The van der Waals surface area contributed by atoms with E-state index in [0.29, 0.717) is 6.04 Å². The fourth-order valence-corrected chi connectivity index (χ4v) is 3.02. The predicted molar refractivity (Wildman–Crippen MR) is 81.6 cm³/mol. The van der Waals surface area contributed by atoms with Crippen LogP contribution in [0.5, 0.6) is 0 Å². The topological polar surface area (TPSA) is 28.2 Å². The SMILES string of the molecule is CCCCN1CCCC[C@@H]1c1cnc(NC)cc1C. The number of aryl methyl sites for hydroxylation is 1. The molecule has 0 aliphatic carbocycles. The summed E-state index contributed by atoms with van der Waals surface area (Å²) in [6, 6.07) is 2.75. The van der Waals surface area contributed by atoms with E-state index in [0.717, 1.165) is 5.82 Å². The Kier molecular flexibility index (Phi) is 5.20. The summed E-state index contributed by atoms with van der Waals surface area (Å²) < 4.78 is 0. The standard InChI is InChI=1S/C16H27N3/c1-4-5-9-19-10-7-6-8-15(19)14-12-18-16(17-3)11-13(14)2/h11-12,15H,4-10H2,1-3H3,(H,17,18)/t15-/m1/s1. The number of unbranched alkanes of at least 4 members (excludes halogenated alkanes) is 1. The van der Waals surface area contributed by atoms with Crippen molar-refractivity contribution in [3.05, 3.63) is 23.4 Å². The molecule has 0 amide bonds. The number of nitrogens with one attached hydrogen (secondary N) is 1. The van der Waals surface area contributed by atoms with E-state index in [9.17, 15) is 0 Å². The summed E-state index contributed by atoms with van der Waals surface area (Å²) >= 11 is 0. The van der Waals surface area contributed by atoms with E-state index in [1.54, 1.807) is 0 Å². The minimum absolute atomic E-state index is 0.582. The van der Waals surface area contributed by atoms with Crippen LogP contribution in [0.4, 0.5) is 5.82 Å². The molecule has 1 fully saturated rings. The van der Waals surface area contributed by atoms with Gasteiger partial charge in [-0.25, -0.2) is 4.98 Å².